The molecule has 2 heterocycles. The molecule has 1 aromatic heterocycles. The minimum Gasteiger partial charge on any atom is -0.436 e. The number of benzene rings is 3. The largest absolute Gasteiger partial charge is 0.436 e. The van der Waals surface area contributed by atoms with Gasteiger partial charge in [-0.15, -0.1) is 10.2 Å². The Morgan fingerprint density at radius 2 is 1.69 bits per heavy atom. The monoisotopic (exact) mass is 459 g/mol. The highest BCUT2D eigenvalue weighted by Crippen LogP contribution is 2.24. The van der Waals surface area contributed by atoms with Crippen molar-refractivity contribution in [2.24, 2.45) is 10.2 Å². The number of hydrogen-bond donors (Lipinski definition) is 0. The van der Waals surface area contributed by atoms with E-state index in [-0.39, 0.29) is 5.91 Å². The Kier molecular flexibility index (Phi) is 5.79. The summed E-state index contributed by atoms with van der Waals surface area (Å²) in [5, 5.41) is 11.0. The van der Waals surface area contributed by atoms with E-state index >= 15 is 0 Å². The van der Waals surface area contributed by atoms with Gasteiger partial charge in [0.15, 0.2) is 5.17 Å². The van der Waals surface area contributed by atoms with Crippen molar-refractivity contribution in [3.63, 3.8) is 0 Å². The molecule has 0 N–H and O–H groups in total. The normalized spacial score (nSPS) is 15.8. The number of halogens is 1. The molecule has 1 aliphatic rings. The van der Waals surface area contributed by atoms with Crippen molar-refractivity contribution in [1.29, 1.82) is 0 Å². The van der Waals surface area contributed by atoms with Gasteiger partial charge in [-0.25, -0.2) is 0 Å². The van der Waals surface area contributed by atoms with Gasteiger partial charge in [0.05, 0.1) is 12.3 Å². The van der Waals surface area contributed by atoms with Crippen molar-refractivity contribution in [3.05, 3.63) is 101 Å². The Bertz CT molecular complexity index is 1380. The van der Waals surface area contributed by atoms with Gasteiger partial charge in [-0.3, -0.25) is 9.69 Å². The van der Waals surface area contributed by atoms with Gasteiger partial charge in [-0.2, -0.15) is 0 Å². The van der Waals surface area contributed by atoms with Crippen molar-refractivity contribution in [3.8, 4) is 11.1 Å². The number of carbonyl (C=O) groups excluding carboxylic acids is 1. The number of nitrogens with zero attached hydrogens (tertiary/aromatic N) is 3. The van der Waals surface area contributed by atoms with E-state index in [0.29, 0.717) is 33.6 Å². The van der Waals surface area contributed by atoms with Crippen LogP contribution in [0.3, 0.4) is 0 Å². The van der Waals surface area contributed by atoms with Gasteiger partial charge in [0.1, 0.15) is 5.58 Å². The summed E-state index contributed by atoms with van der Waals surface area (Å²) in [7, 11) is 0. The summed E-state index contributed by atoms with van der Waals surface area (Å²) in [6.45, 7) is 0.458. The van der Waals surface area contributed by atoms with Crippen LogP contribution in [0.1, 0.15) is 5.56 Å². The van der Waals surface area contributed by atoms with E-state index in [1.165, 1.54) is 11.8 Å². The number of thioether (sulfide) groups is 1. The van der Waals surface area contributed by atoms with E-state index in [9.17, 15) is 4.79 Å². The summed E-state index contributed by atoms with van der Waals surface area (Å²) in [5.74, 6) is 0.362. The highest BCUT2D eigenvalue weighted by molar-refractivity contribution is 8.15. The molecule has 1 amide bonds. The average Bonchev–Trinajstić information content (AvgIpc) is 3.17. The molecule has 1 saturated heterocycles. The van der Waals surface area contributed by atoms with Crippen LogP contribution in [0, 0.1) is 0 Å². The maximum absolute atomic E-state index is 12.4. The van der Waals surface area contributed by atoms with Crippen molar-refractivity contribution in [2.75, 3.05) is 5.75 Å². The summed E-state index contributed by atoms with van der Waals surface area (Å²) >= 11 is 7.45. The van der Waals surface area contributed by atoms with Crippen molar-refractivity contribution >= 4 is 45.4 Å². The molecule has 0 atom stereocenters. The molecule has 3 aromatic carbocycles. The van der Waals surface area contributed by atoms with Crippen LogP contribution in [0.15, 0.2) is 99.5 Å². The lowest BCUT2D eigenvalue weighted by Crippen LogP contribution is -2.28. The van der Waals surface area contributed by atoms with Crippen molar-refractivity contribution in [2.45, 2.75) is 6.54 Å². The fourth-order valence-electron chi connectivity index (χ4n) is 3.46. The fraction of sp³-hybridized carbons (Fsp3) is 0.0800. The summed E-state index contributed by atoms with van der Waals surface area (Å²) in [4.78, 5) is 14.1. The van der Waals surface area contributed by atoms with Crippen LogP contribution in [0.2, 0.25) is 5.02 Å². The second-order valence-corrected chi connectivity index (χ2v) is 8.63. The highest BCUT2D eigenvalue weighted by Gasteiger charge is 2.28. The van der Waals surface area contributed by atoms with E-state index in [1.54, 1.807) is 4.90 Å². The standard InChI is InChI=1S/C25H18ClN3O2S/c26-20-12-10-18(11-13-20)21-14-19-8-4-5-9-22(19)31-24(21)27-28-25-29(23(30)16-32-25)15-17-6-2-1-3-7-17/h1-14H,15-16H2/b27-24+,28-25+. The summed E-state index contributed by atoms with van der Waals surface area (Å²) in [5.41, 5.74) is 3.83. The first-order chi connectivity index (χ1) is 15.7. The SMILES string of the molecule is O=C1CS/C(=N/N=c2/oc3ccccc3cc2-c2ccc(Cl)cc2)N1Cc1ccccc1. The molecule has 0 radical (unpaired) electrons. The van der Waals surface area contributed by atoms with Crippen LogP contribution in [0.4, 0.5) is 0 Å². The number of amidine groups is 1. The Hall–Kier alpha value is -3.35. The van der Waals surface area contributed by atoms with Crippen LogP contribution >= 0.6 is 23.4 Å². The van der Waals surface area contributed by atoms with Gasteiger partial charge >= 0.3 is 0 Å². The smallest absolute Gasteiger partial charge is 0.246 e. The van der Waals surface area contributed by atoms with Crippen molar-refractivity contribution in [1.82, 2.24) is 4.90 Å². The van der Waals surface area contributed by atoms with E-state index in [2.05, 4.69) is 10.2 Å². The molecule has 0 saturated carbocycles. The number of para-hydroxylation sites is 1. The molecule has 7 heteroatoms. The molecule has 0 unspecified atom stereocenters. The number of hydrogen-bond acceptors (Lipinski definition) is 5. The third-order valence-electron chi connectivity index (χ3n) is 5.08. The molecule has 1 fully saturated rings. The third-order valence-corrected chi connectivity index (χ3v) is 6.28. The predicted octanol–water partition coefficient (Wildman–Crippen LogP) is 5.70. The van der Waals surface area contributed by atoms with Crippen molar-refractivity contribution < 1.29 is 9.21 Å². The van der Waals surface area contributed by atoms with Gasteiger partial charge < -0.3 is 4.42 Å². The lowest BCUT2D eigenvalue weighted by atomic mass is 10.1. The zero-order valence-electron chi connectivity index (χ0n) is 16.9. The molecular weight excluding hydrogens is 442 g/mol. The first-order valence-electron chi connectivity index (χ1n) is 10.0. The molecule has 32 heavy (non-hydrogen) atoms. The average molecular weight is 460 g/mol. The summed E-state index contributed by atoms with van der Waals surface area (Å²) in [6, 6.07) is 27.1. The molecule has 4 aromatic rings. The molecule has 5 rings (SSSR count). The Morgan fingerprint density at radius 1 is 0.938 bits per heavy atom. The quantitative estimate of drug-likeness (QED) is 0.368. The lowest BCUT2D eigenvalue weighted by molar-refractivity contribution is -0.124. The van der Waals surface area contributed by atoms with Crippen LogP contribution in [-0.2, 0) is 11.3 Å². The molecule has 0 aliphatic carbocycles. The maximum Gasteiger partial charge on any atom is 0.246 e. The van der Waals surface area contributed by atoms with E-state index in [0.717, 1.165) is 22.1 Å². The second-order valence-electron chi connectivity index (χ2n) is 7.25. The molecular formula is C25H18ClN3O2S. The second kappa shape index (κ2) is 9.02. The number of amides is 1. The fourth-order valence-corrected chi connectivity index (χ4v) is 4.42. The third kappa shape index (κ3) is 4.33. The Balaban J connectivity index is 1.59. The summed E-state index contributed by atoms with van der Waals surface area (Å²) < 4.78 is 6.10. The maximum atomic E-state index is 12.4. The molecule has 1 aliphatic heterocycles. The number of fused-ring (bicyclic) bond motifs is 1. The first-order valence-corrected chi connectivity index (χ1v) is 11.4. The van der Waals surface area contributed by atoms with E-state index in [4.69, 9.17) is 16.0 Å². The highest BCUT2D eigenvalue weighted by atomic mass is 35.5. The van der Waals surface area contributed by atoms with Gasteiger partial charge in [0.2, 0.25) is 11.5 Å². The minimum absolute atomic E-state index is 0.0150. The van der Waals surface area contributed by atoms with Gasteiger partial charge in [-0.05, 0) is 35.4 Å². The van der Waals surface area contributed by atoms with Gasteiger partial charge in [0, 0.05) is 16.0 Å². The van der Waals surface area contributed by atoms with E-state index in [1.807, 2.05) is 84.9 Å². The van der Waals surface area contributed by atoms with Gasteiger partial charge in [0.25, 0.3) is 0 Å². The predicted molar refractivity (Wildman–Crippen MR) is 129 cm³/mol. The van der Waals surface area contributed by atoms with Crippen LogP contribution in [0.25, 0.3) is 22.1 Å². The first kappa shape index (κ1) is 20.5. The van der Waals surface area contributed by atoms with Gasteiger partial charge in [-0.1, -0.05) is 84.0 Å². The number of carbonyl (C=O) groups is 1. The number of rotatable bonds is 4. The molecule has 0 spiro atoms. The van der Waals surface area contributed by atoms with Crippen LogP contribution in [0.5, 0.6) is 0 Å². The Labute approximate surface area is 194 Å². The van der Waals surface area contributed by atoms with Crippen LogP contribution < -0.4 is 5.55 Å². The zero-order chi connectivity index (χ0) is 21.9. The molecule has 158 valence electrons. The topological polar surface area (TPSA) is 58.2 Å². The Morgan fingerprint density at radius 3 is 2.50 bits per heavy atom. The lowest BCUT2D eigenvalue weighted by Gasteiger charge is -2.14. The minimum atomic E-state index is 0.0150. The van der Waals surface area contributed by atoms with E-state index < -0.39 is 0 Å². The molecule has 0 bridgehead atoms. The van der Waals surface area contributed by atoms with Crippen LogP contribution in [-0.4, -0.2) is 21.7 Å². The summed E-state index contributed by atoms with van der Waals surface area (Å²) in [6.07, 6.45) is 0. The molecule has 5 nitrogen and oxygen atoms in total. The zero-order valence-corrected chi connectivity index (χ0v) is 18.5.